The van der Waals surface area contributed by atoms with Gasteiger partial charge in [0.25, 0.3) is 0 Å². The molecule has 1 saturated heterocycles. The minimum absolute atomic E-state index is 0.282. The lowest BCUT2D eigenvalue weighted by atomic mass is 9.98. The maximum atomic E-state index is 11.6. The van der Waals surface area contributed by atoms with Crippen LogP contribution < -0.4 is 5.32 Å². The number of nitrogens with zero attached hydrogens (tertiary/aromatic N) is 1. The molecular weight excluding hydrogens is 240 g/mol. The highest BCUT2D eigenvalue weighted by Crippen LogP contribution is 2.17. The fourth-order valence-electron chi connectivity index (χ4n) is 1.88. The van der Waals surface area contributed by atoms with E-state index in [2.05, 4.69) is 5.32 Å². The first-order valence-electron chi connectivity index (χ1n) is 5.95. The van der Waals surface area contributed by atoms with Gasteiger partial charge in [-0.3, -0.25) is 9.59 Å². The van der Waals surface area contributed by atoms with Crippen molar-refractivity contribution in [2.45, 2.75) is 19.8 Å². The highest BCUT2D eigenvalue weighted by Gasteiger charge is 2.29. The average molecular weight is 258 g/mol. The molecule has 0 aromatic rings. The Hall–Kier alpha value is -1.79. The number of amides is 2. The summed E-state index contributed by atoms with van der Waals surface area (Å²) < 4.78 is 4.92. The van der Waals surface area contributed by atoms with Gasteiger partial charge in [0.05, 0.1) is 12.5 Å². The number of carbonyl (C=O) groups is 3. The SMILES string of the molecule is CCOC(=O)C1CCCN(C(=O)NCC(=O)O)C1. The van der Waals surface area contributed by atoms with Gasteiger partial charge in [0.15, 0.2) is 0 Å². The Morgan fingerprint density at radius 1 is 1.44 bits per heavy atom. The van der Waals surface area contributed by atoms with Crippen LogP contribution in [0.4, 0.5) is 4.79 Å². The second kappa shape index (κ2) is 6.83. The van der Waals surface area contributed by atoms with Gasteiger partial charge in [0, 0.05) is 13.1 Å². The van der Waals surface area contributed by atoms with Crippen LogP contribution in [-0.2, 0) is 14.3 Å². The van der Waals surface area contributed by atoms with E-state index in [1.54, 1.807) is 6.92 Å². The molecule has 1 atom stereocenters. The van der Waals surface area contributed by atoms with E-state index in [0.717, 1.165) is 0 Å². The summed E-state index contributed by atoms with van der Waals surface area (Å²) in [6, 6.07) is -0.452. The van der Waals surface area contributed by atoms with Crippen molar-refractivity contribution in [1.29, 1.82) is 0 Å². The molecule has 0 spiro atoms. The Morgan fingerprint density at radius 3 is 2.78 bits per heavy atom. The summed E-state index contributed by atoms with van der Waals surface area (Å²) in [5, 5.41) is 10.7. The van der Waals surface area contributed by atoms with Gasteiger partial charge >= 0.3 is 18.0 Å². The monoisotopic (exact) mass is 258 g/mol. The van der Waals surface area contributed by atoms with Crippen LogP contribution in [0.25, 0.3) is 0 Å². The molecule has 0 aromatic carbocycles. The van der Waals surface area contributed by atoms with Gasteiger partial charge in [-0.15, -0.1) is 0 Å². The summed E-state index contributed by atoms with van der Waals surface area (Å²) >= 11 is 0. The Labute approximate surface area is 105 Å². The summed E-state index contributed by atoms with van der Waals surface area (Å²) in [7, 11) is 0. The molecule has 1 unspecified atom stereocenters. The number of aliphatic carboxylic acids is 1. The van der Waals surface area contributed by atoms with Gasteiger partial charge in [-0.25, -0.2) is 4.79 Å². The van der Waals surface area contributed by atoms with Gasteiger partial charge in [0.1, 0.15) is 6.54 Å². The number of urea groups is 1. The highest BCUT2D eigenvalue weighted by molar-refractivity contribution is 5.81. The van der Waals surface area contributed by atoms with Gasteiger partial charge in [0.2, 0.25) is 0 Å². The predicted octanol–water partition coefficient (Wildman–Crippen LogP) is 0.0557. The van der Waals surface area contributed by atoms with Crippen LogP contribution in [0.3, 0.4) is 0 Å². The predicted molar refractivity (Wildman–Crippen MR) is 62.0 cm³/mol. The normalized spacial score (nSPS) is 19.2. The van der Waals surface area contributed by atoms with E-state index in [1.807, 2.05) is 0 Å². The van der Waals surface area contributed by atoms with Gasteiger partial charge in [-0.1, -0.05) is 0 Å². The van der Waals surface area contributed by atoms with E-state index in [0.29, 0.717) is 26.0 Å². The summed E-state index contributed by atoms with van der Waals surface area (Å²) in [6.45, 7) is 2.45. The average Bonchev–Trinajstić information content (AvgIpc) is 2.36. The molecule has 102 valence electrons. The van der Waals surface area contributed by atoms with Crippen LogP contribution >= 0.6 is 0 Å². The summed E-state index contributed by atoms with van der Waals surface area (Å²) in [5.74, 6) is -1.70. The largest absolute Gasteiger partial charge is 0.480 e. The van der Waals surface area contributed by atoms with Crippen molar-refractivity contribution in [2.24, 2.45) is 5.92 Å². The van der Waals surface area contributed by atoms with Crippen LogP contribution in [0.15, 0.2) is 0 Å². The van der Waals surface area contributed by atoms with Crippen LogP contribution in [0, 0.1) is 5.92 Å². The van der Waals surface area contributed by atoms with Gasteiger partial charge in [-0.05, 0) is 19.8 Å². The lowest BCUT2D eigenvalue weighted by molar-refractivity contribution is -0.149. The van der Waals surface area contributed by atoms with E-state index < -0.39 is 18.5 Å². The first kappa shape index (κ1) is 14.3. The molecule has 18 heavy (non-hydrogen) atoms. The molecule has 1 fully saturated rings. The number of hydrogen-bond donors (Lipinski definition) is 2. The number of carboxylic acid groups (broad SMARTS) is 1. The van der Waals surface area contributed by atoms with Crippen LogP contribution in [-0.4, -0.2) is 54.2 Å². The standard InChI is InChI=1S/C11H18N2O5/c1-2-18-10(16)8-4-3-5-13(7-8)11(17)12-6-9(14)15/h8H,2-7H2,1H3,(H,12,17)(H,14,15). The Bertz CT molecular complexity index is 331. The molecule has 0 aromatic heterocycles. The number of carbonyl (C=O) groups excluding carboxylic acids is 2. The van der Waals surface area contributed by atoms with Crippen LogP contribution in [0.1, 0.15) is 19.8 Å². The number of carboxylic acids is 1. The molecular formula is C11H18N2O5. The van der Waals surface area contributed by atoms with Crippen molar-refractivity contribution < 1.29 is 24.2 Å². The van der Waals surface area contributed by atoms with Crippen LogP contribution in [0.2, 0.25) is 0 Å². The lowest BCUT2D eigenvalue weighted by Gasteiger charge is -2.31. The molecule has 2 N–H and O–H groups in total. The van der Waals surface area contributed by atoms with Crippen LogP contribution in [0.5, 0.6) is 0 Å². The number of likely N-dealkylation sites (tertiary alicyclic amines) is 1. The molecule has 1 rings (SSSR count). The summed E-state index contributed by atoms with van der Waals surface area (Å²) in [5.41, 5.74) is 0. The fraction of sp³-hybridized carbons (Fsp3) is 0.727. The Morgan fingerprint density at radius 2 is 2.17 bits per heavy atom. The maximum Gasteiger partial charge on any atom is 0.323 e. The topological polar surface area (TPSA) is 95.9 Å². The minimum Gasteiger partial charge on any atom is -0.480 e. The maximum absolute atomic E-state index is 11.6. The van der Waals surface area contributed by atoms with E-state index in [4.69, 9.17) is 9.84 Å². The number of hydrogen-bond acceptors (Lipinski definition) is 4. The number of esters is 1. The van der Waals surface area contributed by atoms with Gasteiger partial charge in [-0.2, -0.15) is 0 Å². The van der Waals surface area contributed by atoms with Gasteiger partial charge < -0.3 is 20.1 Å². The smallest absolute Gasteiger partial charge is 0.323 e. The Kier molecular flexibility index (Phi) is 5.41. The third-order valence-corrected chi connectivity index (χ3v) is 2.72. The second-order valence-electron chi connectivity index (χ2n) is 4.09. The summed E-state index contributed by atoms with van der Waals surface area (Å²) in [6.07, 6.45) is 1.41. The van der Waals surface area contributed by atoms with E-state index in [1.165, 1.54) is 4.90 Å². The number of rotatable bonds is 4. The zero-order valence-electron chi connectivity index (χ0n) is 10.3. The number of ether oxygens (including phenoxy) is 1. The first-order valence-corrected chi connectivity index (χ1v) is 5.95. The molecule has 0 radical (unpaired) electrons. The summed E-state index contributed by atoms with van der Waals surface area (Å²) in [4.78, 5) is 35.0. The molecule has 0 bridgehead atoms. The zero-order chi connectivity index (χ0) is 13.5. The third-order valence-electron chi connectivity index (χ3n) is 2.72. The van der Waals surface area contributed by atoms with Crippen molar-refractivity contribution in [3.05, 3.63) is 0 Å². The minimum atomic E-state index is -1.10. The Balaban J connectivity index is 2.45. The zero-order valence-corrected chi connectivity index (χ0v) is 10.3. The highest BCUT2D eigenvalue weighted by atomic mass is 16.5. The van der Waals surface area contributed by atoms with E-state index >= 15 is 0 Å². The molecule has 1 heterocycles. The van der Waals surface area contributed by atoms with E-state index in [9.17, 15) is 14.4 Å². The molecule has 7 nitrogen and oxygen atoms in total. The molecule has 1 aliphatic rings. The van der Waals surface area contributed by atoms with Crippen molar-refractivity contribution in [3.8, 4) is 0 Å². The van der Waals surface area contributed by atoms with Crippen molar-refractivity contribution in [3.63, 3.8) is 0 Å². The first-order chi connectivity index (χ1) is 8.54. The number of nitrogens with one attached hydrogen (secondary N) is 1. The molecule has 1 aliphatic heterocycles. The number of piperidine rings is 1. The van der Waals surface area contributed by atoms with E-state index in [-0.39, 0.29) is 18.4 Å². The lowest BCUT2D eigenvalue weighted by Crippen LogP contribution is -2.48. The fourth-order valence-corrected chi connectivity index (χ4v) is 1.88. The second-order valence-corrected chi connectivity index (χ2v) is 4.09. The third kappa shape index (κ3) is 4.23. The molecule has 7 heteroatoms. The molecule has 2 amide bonds. The van der Waals surface area contributed by atoms with Crippen molar-refractivity contribution in [1.82, 2.24) is 10.2 Å². The van der Waals surface area contributed by atoms with Crippen molar-refractivity contribution >= 4 is 18.0 Å². The quantitative estimate of drug-likeness (QED) is 0.695. The van der Waals surface area contributed by atoms with Crippen molar-refractivity contribution in [2.75, 3.05) is 26.2 Å². The molecule has 0 aliphatic carbocycles. The molecule has 0 saturated carbocycles.